The van der Waals surface area contributed by atoms with Crippen molar-refractivity contribution in [1.82, 2.24) is 0 Å². The summed E-state index contributed by atoms with van der Waals surface area (Å²) < 4.78 is 23.6. The normalized spacial score (nSPS) is 12.7. The van der Waals surface area contributed by atoms with Gasteiger partial charge in [-0.3, -0.25) is 10.1 Å². The fourth-order valence-corrected chi connectivity index (χ4v) is 3.51. The monoisotopic (exact) mass is 348 g/mol. The molecular weight excluding hydrogens is 328 g/mol. The number of rotatable bonds is 5. The van der Waals surface area contributed by atoms with E-state index in [9.17, 15) is 18.5 Å². The highest BCUT2D eigenvalue weighted by Gasteiger charge is 2.22. The molecule has 2 aromatic rings. The van der Waals surface area contributed by atoms with Crippen LogP contribution in [0.5, 0.6) is 0 Å². The van der Waals surface area contributed by atoms with Crippen molar-refractivity contribution < 1.29 is 13.3 Å². The molecule has 1 N–H and O–H groups in total. The lowest BCUT2D eigenvalue weighted by Crippen LogP contribution is -2.09. The van der Waals surface area contributed by atoms with Crippen LogP contribution < -0.4 is 5.32 Å². The molecule has 0 aromatic heterocycles. The first-order valence-electron chi connectivity index (χ1n) is 7.41. The second-order valence-electron chi connectivity index (χ2n) is 6.00. The van der Waals surface area contributed by atoms with Gasteiger partial charge in [0.2, 0.25) is 0 Å². The Morgan fingerprint density at radius 3 is 2.17 bits per heavy atom. The minimum absolute atomic E-state index is 0.0718. The number of nitro groups is 1. The van der Waals surface area contributed by atoms with Gasteiger partial charge >= 0.3 is 0 Å². The largest absolute Gasteiger partial charge is 0.378 e. The van der Waals surface area contributed by atoms with Crippen molar-refractivity contribution in [3.63, 3.8) is 0 Å². The van der Waals surface area contributed by atoms with Crippen LogP contribution in [0, 0.1) is 24.0 Å². The van der Waals surface area contributed by atoms with E-state index >= 15 is 0 Å². The number of nitro benzene ring substituents is 1. The van der Waals surface area contributed by atoms with Gasteiger partial charge in [-0.05, 0) is 38.5 Å². The lowest BCUT2D eigenvalue weighted by atomic mass is 10.0. The van der Waals surface area contributed by atoms with Crippen LogP contribution in [0.4, 0.5) is 11.4 Å². The van der Waals surface area contributed by atoms with Gasteiger partial charge in [0, 0.05) is 24.1 Å². The van der Waals surface area contributed by atoms with E-state index in [-0.39, 0.29) is 10.9 Å². The van der Waals surface area contributed by atoms with E-state index in [0.717, 1.165) is 22.9 Å². The Morgan fingerprint density at radius 1 is 1.08 bits per heavy atom. The molecule has 0 radical (unpaired) electrons. The number of nitrogens with one attached hydrogen (secondary N) is 1. The van der Waals surface area contributed by atoms with Gasteiger partial charge < -0.3 is 5.32 Å². The summed E-state index contributed by atoms with van der Waals surface area (Å²) in [5.74, 6) is 0. The summed E-state index contributed by atoms with van der Waals surface area (Å²) in [4.78, 5) is 10.0. The van der Waals surface area contributed by atoms with Crippen molar-refractivity contribution in [2.45, 2.75) is 31.7 Å². The number of hydrogen-bond donors (Lipinski definition) is 1. The van der Waals surface area contributed by atoms with Crippen LogP contribution in [0.25, 0.3) is 0 Å². The summed E-state index contributed by atoms with van der Waals surface area (Å²) in [6.07, 6.45) is 0.965. The number of sulfone groups is 1. The Bertz CT molecular complexity index is 871. The van der Waals surface area contributed by atoms with Crippen LogP contribution in [0.3, 0.4) is 0 Å². The molecule has 0 spiro atoms. The summed E-state index contributed by atoms with van der Waals surface area (Å²) >= 11 is 0. The molecule has 0 heterocycles. The van der Waals surface area contributed by atoms with Gasteiger partial charge in [0.25, 0.3) is 5.69 Å². The molecule has 0 saturated heterocycles. The molecule has 2 aromatic carbocycles. The van der Waals surface area contributed by atoms with Gasteiger partial charge in [-0.2, -0.15) is 0 Å². The average molecular weight is 348 g/mol. The molecule has 0 aliphatic heterocycles. The SMILES string of the molecule is Cc1cc(C)cc(C(C)Nc2ccc([N+](=O)[O-])c(S(C)(=O)=O)c2)c1. The van der Waals surface area contributed by atoms with Crippen molar-refractivity contribution >= 4 is 21.2 Å². The van der Waals surface area contributed by atoms with Gasteiger partial charge in [0.15, 0.2) is 9.84 Å². The van der Waals surface area contributed by atoms with Crippen LogP contribution in [0.15, 0.2) is 41.3 Å². The Morgan fingerprint density at radius 2 is 1.67 bits per heavy atom. The number of hydrogen-bond acceptors (Lipinski definition) is 5. The molecule has 0 saturated carbocycles. The molecule has 1 unspecified atom stereocenters. The molecule has 0 bridgehead atoms. The van der Waals surface area contributed by atoms with E-state index < -0.39 is 20.4 Å². The Hall–Kier alpha value is -2.41. The summed E-state index contributed by atoms with van der Waals surface area (Å²) in [6, 6.07) is 10.1. The molecule has 0 fully saturated rings. The van der Waals surface area contributed by atoms with Crippen LogP contribution >= 0.6 is 0 Å². The maximum atomic E-state index is 11.8. The van der Waals surface area contributed by atoms with Crippen LogP contribution in [-0.2, 0) is 9.84 Å². The second kappa shape index (κ2) is 6.60. The highest BCUT2D eigenvalue weighted by atomic mass is 32.2. The summed E-state index contributed by atoms with van der Waals surface area (Å²) in [5, 5.41) is 14.2. The quantitative estimate of drug-likeness (QED) is 0.656. The van der Waals surface area contributed by atoms with Gasteiger partial charge in [-0.15, -0.1) is 0 Å². The number of anilines is 1. The van der Waals surface area contributed by atoms with Crippen molar-refractivity contribution in [3.05, 3.63) is 63.2 Å². The standard InChI is InChI=1S/C17H20N2O4S/c1-11-7-12(2)9-14(8-11)13(3)18-15-5-6-16(19(20)21)17(10-15)24(4,22)23/h5-10,13,18H,1-4H3. The smallest absolute Gasteiger partial charge is 0.288 e. The molecule has 0 aliphatic carbocycles. The topological polar surface area (TPSA) is 89.3 Å². The number of nitrogens with zero attached hydrogens (tertiary/aromatic N) is 1. The minimum Gasteiger partial charge on any atom is -0.378 e. The predicted molar refractivity (Wildman–Crippen MR) is 94.2 cm³/mol. The second-order valence-corrected chi connectivity index (χ2v) is 7.98. The number of benzene rings is 2. The molecule has 2 rings (SSSR count). The summed E-state index contributed by atoms with van der Waals surface area (Å²) in [5.41, 5.74) is 3.44. The molecule has 6 nitrogen and oxygen atoms in total. The van der Waals surface area contributed by atoms with E-state index in [1.807, 2.05) is 32.9 Å². The van der Waals surface area contributed by atoms with E-state index in [2.05, 4.69) is 11.4 Å². The third-order valence-electron chi connectivity index (χ3n) is 3.68. The highest BCUT2D eigenvalue weighted by Crippen LogP contribution is 2.29. The third-order valence-corrected chi connectivity index (χ3v) is 4.81. The van der Waals surface area contributed by atoms with Crippen molar-refractivity contribution in [1.29, 1.82) is 0 Å². The summed E-state index contributed by atoms with van der Waals surface area (Å²) in [7, 11) is -3.70. The van der Waals surface area contributed by atoms with E-state index in [1.165, 1.54) is 18.2 Å². The number of aryl methyl sites for hydroxylation is 2. The fraction of sp³-hybridized carbons (Fsp3) is 0.294. The third kappa shape index (κ3) is 4.11. The highest BCUT2D eigenvalue weighted by molar-refractivity contribution is 7.90. The average Bonchev–Trinajstić information content (AvgIpc) is 2.45. The van der Waals surface area contributed by atoms with Gasteiger partial charge in [0.05, 0.1) is 4.92 Å². The maximum absolute atomic E-state index is 11.8. The molecule has 24 heavy (non-hydrogen) atoms. The lowest BCUT2D eigenvalue weighted by Gasteiger charge is -2.17. The van der Waals surface area contributed by atoms with Crippen LogP contribution in [0.1, 0.15) is 29.7 Å². The Labute approximate surface area is 141 Å². The van der Waals surface area contributed by atoms with E-state index in [0.29, 0.717) is 5.69 Å². The van der Waals surface area contributed by atoms with Crippen molar-refractivity contribution in [2.24, 2.45) is 0 Å². The van der Waals surface area contributed by atoms with E-state index in [4.69, 9.17) is 0 Å². The molecule has 7 heteroatoms. The molecule has 1 atom stereocenters. The zero-order chi connectivity index (χ0) is 18.1. The van der Waals surface area contributed by atoms with Gasteiger partial charge in [-0.25, -0.2) is 8.42 Å². The van der Waals surface area contributed by atoms with Crippen LogP contribution in [-0.4, -0.2) is 19.6 Å². The minimum atomic E-state index is -3.70. The van der Waals surface area contributed by atoms with Gasteiger partial charge in [0.1, 0.15) is 4.90 Å². The Kier molecular flexibility index (Phi) is 4.94. The first-order valence-corrected chi connectivity index (χ1v) is 9.30. The van der Waals surface area contributed by atoms with Crippen LogP contribution in [0.2, 0.25) is 0 Å². The molecular formula is C17H20N2O4S. The lowest BCUT2D eigenvalue weighted by molar-refractivity contribution is -0.387. The zero-order valence-electron chi connectivity index (χ0n) is 14.0. The van der Waals surface area contributed by atoms with E-state index in [1.54, 1.807) is 0 Å². The molecule has 128 valence electrons. The van der Waals surface area contributed by atoms with Gasteiger partial charge in [-0.1, -0.05) is 29.3 Å². The summed E-state index contributed by atoms with van der Waals surface area (Å²) in [6.45, 7) is 5.98. The predicted octanol–water partition coefficient (Wildman–Crippen LogP) is 3.79. The first-order chi connectivity index (χ1) is 11.1. The zero-order valence-corrected chi connectivity index (χ0v) is 14.8. The maximum Gasteiger partial charge on any atom is 0.288 e. The Balaban J connectivity index is 2.38. The van der Waals surface area contributed by atoms with Crippen molar-refractivity contribution in [2.75, 3.05) is 11.6 Å². The molecule has 0 amide bonds. The van der Waals surface area contributed by atoms with Crippen molar-refractivity contribution in [3.8, 4) is 0 Å². The first kappa shape index (κ1) is 17.9. The molecule has 0 aliphatic rings. The fourth-order valence-electron chi connectivity index (χ4n) is 2.64.